The Morgan fingerprint density at radius 3 is 2.85 bits per heavy atom. The third-order valence-corrected chi connectivity index (χ3v) is 8.89. The smallest absolute Gasteiger partial charge is 0.270 e. The predicted octanol–water partition coefficient (Wildman–Crippen LogP) is 3.14. The number of amides is 1. The number of hydrazone groups is 1. The largest absolute Gasteiger partial charge is 0.382 e. The van der Waals surface area contributed by atoms with Crippen LogP contribution in [0.4, 0.5) is 13.2 Å². The minimum absolute atomic E-state index is 0.0579. The molecule has 0 radical (unpaired) electrons. The number of thioether (sulfide) groups is 1. The lowest BCUT2D eigenvalue weighted by Crippen LogP contribution is -2.53. The molecule has 2 aliphatic rings. The molecule has 2 unspecified atom stereocenters. The first-order valence-corrected chi connectivity index (χ1v) is 12.8. The monoisotopic (exact) mass is 511 g/mol. The van der Waals surface area contributed by atoms with Crippen LogP contribution in [-0.4, -0.2) is 55.6 Å². The molecule has 0 saturated heterocycles. The average Bonchev–Trinajstić information content (AvgIpc) is 3.22. The van der Waals surface area contributed by atoms with E-state index in [0.29, 0.717) is 36.6 Å². The number of halogens is 3. The van der Waals surface area contributed by atoms with E-state index in [1.54, 1.807) is 12.1 Å². The second kappa shape index (κ2) is 10.7. The highest BCUT2D eigenvalue weighted by atomic mass is 32.2. The van der Waals surface area contributed by atoms with E-state index in [2.05, 4.69) is 5.10 Å². The molecule has 1 spiro atoms. The van der Waals surface area contributed by atoms with E-state index in [4.69, 9.17) is 15.2 Å². The van der Waals surface area contributed by atoms with Crippen molar-refractivity contribution in [3.63, 3.8) is 0 Å². The van der Waals surface area contributed by atoms with Crippen molar-refractivity contribution in [2.45, 2.75) is 11.3 Å². The molecule has 2 aliphatic heterocycles. The Hall–Kier alpha value is -1.97. The van der Waals surface area contributed by atoms with Crippen LogP contribution < -0.4 is 11.0 Å². The normalized spacial score (nSPS) is 22.3. The molecule has 2 aromatic carbocycles. The van der Waals surface area contributed by atoms with Gasteiger partial charge in [-0.25, -0.2) is 18.2 Å². The molecule has 34 heavy (non-hydrogen) atoms. The van der Waals surface area contributed by atoms with Crippen molar-refractivity contribution < 1.29 is 27.4 Å². The van der Waals surface area contributed by atoms with E-state index in [-0.39, 0.29) is 44.1 Å². The Kier molecular flexibility index (Phi) is 7.94. The maximum Gasteiger partial charge on any atom is 0.270 e. The molecule has 0 fully saturated rings. The van der Waals surface area contributed by atoms with Crippen LogP contribution in [0.2, 0.25) is 0 Å². The van der Waals surface area contributed by atoms with E-state index in [1.165, 1.54) is 18.2 Å². The quantitative estimate of drug-likeness (QED) is 0.436. The zero-order valence-corrected chi connectivity index (χ0v) is 20.3. The number of rotatable bonds is 8. The molecule has 6 nitrogen and oxygen atoms in total. The lowest BCUT2D eigenvalue weighted by Gasteiger charge is -2.45. The first-order valence-electron chi connectivity index (χ1n) is 10.8. The molecule has 0 aliphatic carbocycles. The number of ether oxygens (including phenoxy) is 2. The van der Waals surface area contributed by atoms with Crippen LogP contribution in [0.15, 0.2) is 41.5 Å². The molecular weight excluding hydrogens is 486 g/mol. The first-order chi connectivity index (χ1) is 16.4. The fourth-order valence-electron chi connectivity index (χ4n) is 4.26. The van der Waals surface area contributed by atoms with Crippen molar-refractivity contribution in [1.29, 1.82) is 0 Å². The Labute approximate surface area is 201 Å². The van der Waals surface area contributed by atoms with E-state index in [9.17, 15) is 18.0 Å². The van der Waals surface area contributed by atoms with E-state index >= 15 is 0 Å². The summed E-state index contributed by atoms with van der Waals surface area (Å²) >= 11 is 1.14. The van der Waals surface area contributed by atoms with Crippen molar-refractivity contribution in [1.82, 2.24) is 5.01 Å². The highest BCUT2D eigenvalue weighted by Gasteiger charge is 2.56. The van der Waals surface area contributed by atoms with Crippen LogP contribution in [0.1, 0.15) is 17.5 Å². The van der Waals surface area contributed by atoms with Crippen molar-refractivity contribution in [2.75, 3.05) is 39.6 Å². The fourth-order valence-corrected chi connectivity index (χ4v) is 7.73. The number of hydrogen-bond acceptors (Lipinski definition) is 6. The van der Waals surface area contributed by atoms with E-state index in [0.717, 1.165) is 30.0 Å². The van der Waals surface area contributed by atoms with Gasteiger partial charge >= 0.3 is 0 Å². The van der Waals surface area contributed by atoms with Gasteiger partial charge in [-0.15, -0.1) is 0 Å². The van der Waals surface area contributed by atoms with Gasteiger partial charge in [0, 0.05) is 29.5 Å². The van der Waals surface area contributed by atoms with Crippen molar-refractivity contribution in [3.8, 4) is 0 Å². The third kappa shape index (κ3) is 4.62. The molecule has 11 heteroatoms. The van der Waals surface area contributed by atoms with Crippen LogP contribution >= 0.6 is 20.3 Å². The first kappa shape index (κ1) is 25.1. The van der Waals surface area contributed by atoms with Crippen LogP contribution in [0.25, 0.3) is 0 Å². The average molecular weight is 512 g/mol. The Bertz CT molecular complexity index is 1110. The maximum atomic E-state index is 14.9. The summed E-state index contributed by atoms with van der Waals surface area (Å²) in [4.78, 5) is 12.2. The highest BCUT2D eigenvalue weighted by Crippen LogP contribution is 2.57. The number of nitrogens with two attached hydrogens (primary N) is 1. The molecule has 0 bridgehead atoms. The molecule has 2 aromatic rings. The van der Waals surface area contributed by atoms with Gasteiger partial charge in [-0.2, -0.15) is 5.10 Å². The molecule has 0 aromatic heterocycles. The van der Waals surface area contributed by atoms with Gasteiger partial charge in [0.25, 0.3) is 5.91 Å². The standard InChI is InChI=1S/C23H25F3N3O3PS/c1-31-9-10-32-12-20(30)29-23(34-22(28-29)16-11-15(24)5-6-18(16)25)14(7-8-27)13-33-21-17(23)3-2-4-19(21)26/h2-6,11,14,33H,7-10,12-13,27H2,1H3/t14?,23-/m0/s1. The molecule has 2 N–H and O–H groups in total. The summed E-state index contributed by atoms with van der Waals surface area (Å²) in [6.45, 7) is 0.555. The Balaban J connectivity index is 1.83. The fraction of sp³-hybridized carbons (Fsp3) is 0.391. The van der Waals surface area contributed by atoms with Crippen LogP contribution in [-0.2, 0) is 19.1 Å². The summed E-state index contributed by atoms with van der Waals surface area (Å²) in [5.74, 6) is -2.32. The lowest BCUT2D eigenvalue weighted by molar-refractivity contribution is -0.141. The van der Waals surface area contributed by atoms with Gasteiger partial charge in [0.2, 0.25) is 0 Å². The molecule has 0 saturated carbocycles. The summed E-state index contributed by atoms with van der Waals surface area (Å²) in [5, 5.41) is 6.41. The second-order valence-electron chi connectivity index (χ2n) is 7.90. The molecule has 4 rings (SSSR count). The Morgan fingerprint density at radius 2 is 2.09 bits per heavy atom. The molecule has 2 heterocycles. The highest BCUT2D eigenvalue weighted by molar-refractivity contribution is 8.15. The van der Waals surface area contributed by atoms with Crippen molar-refractivity contribution in [2.24, 2.45) is 16.8 Å². The third-order valence-electron chi connectivity index (χ3n) is 5.80. The van der Waals surface area contributed by atoms with Crippen molar-refractivity contribution in [3.05, 3.63) is 65.0 Å². The molecule has 1 amide bonds. The molecular formula is C23H25F3N3O3PS. The maximum absolute atomic E-state index is 14.9. The molecule has 3 atom stereocenters. The summed E-state index contributed by atoms with van der Waals surface area (Å²) in [6.07, 6.45) is 1.12. The minimum atomic E-state index is -1.15. The number of benzene rings is 2. The van der Waals surface area contributed by atoms with Gasteiger partial charge in [0.1, 0.15) is 34.0 Å². The van der Waals surface area contributed by atoms with Gasteiger partial charge in [-0.05, 0) is 43.4 Å². The topological polar surface area (TPSA) is 77.2 Å². The van der Waals surface area contributed by atoms with Crippen LogP contribution in [0, 0.1) is 23.4 Å². The zero-order chi connectivity index (χ0) is 24.3. The van der Waals surface area contributed by atoms with Crippen LogP contribution in [0.3, 0.4) is 0 Å². The zero-order valence-electron chi connectivity index (χ0n) is 18.5. The minimum Gasteiger partial charge on any atom is -0.382 e. The van der Waals surface area contributed by atoms with Gasteiger partial charge in [0.15, 0.2) is 0 Å². The summed E-state index contributed by atoms with van der Waals surface area (Å²) in [6, 6.07) is 7.83. The predicted molar refractivity (Wildman–Crippen MR) is 128 cm³/mol. The van der Waals surface area contributed by atoms with E-state index in [1.807, 2.05) is 0 Å². The lowest BCUT2D eigenvalue weighted by atomic mass is 9.89. The number of hydrogen-bond donors (Lipinski definition) is 1. The number of fused-ring (bicyclic) bond motifs is 2. The van der Waals surface area contributed by atoms with Crippen molar-refractivity contribution >= 4 is 36.6 Å². The summed E-state index contributed by atoms with van der Waals surface area (Å²) in [7, 11) is 1.71. The SMILES string of the molecule is COCCOCC(=O)N1N=C(c2cc(F)ccc2F)S[C@@]12c1cccc(F)c1PCC2CCN. The van der Waals surface area contributed by atoms with Gasteiger partial charge in [-0.1, -0.05) is 32.5 Å². The number of carbonyl (C=O) groups excluding carboxylic acids is 1. The number of methoxy groups -OCH3 is 1. The van der Waals surface area contributed by atoms with Gasteiger partial charge in [-0.3, -0.25) is 4.79 Å². The Morgan fingerprint density at radius 1 is 1.26 bits per heavy atom. The molecule has 182 valence electrons. The van der Waals surface area contributed by atoms with Gasteiger partial charge < -0.3 is 15.2 Å². The summed E-state index contributed by atoms with van der Waals surface area (Å²) in [5.41, 5.74) is 6.46. The second-order valence-corrected chi connectivity index (χ2v) is 10.4. The number of nitrogens with zero attached hydrogens (tertiary/aromatic N) is 2. The summed E-state index contributed by atoms with van der Waals surface area (Å²) < 4.78 is 54.0. The van der Waals surface area contributed by atoms with E-state index < -0.39 is 22.4 Å². The van der Waals surface area contributed by atoms with Crippen LogP contribution in [0.5, 0.6) is 0 Å². The van der Waals surface area contributed by atoms with Gasteiger partial charge in [0.05, 0.1) is 13.2 Å². The number of carbonyl (C=O) groups is 1.